The Bertz CT molecular complexity index is 515. The number of benzene rings is 1. The minimum Gasteiger partial charge on any atom is -0.338 e. The van der Waals surface area contributed by atoms with Crippen LogP contribution in [-0.4, -0.2) is 68.2 Å². The van der Waals surface area contributed by atoms with Gasteiger partial charge in [-0.15, -0.1) is 0 Å². The maximum atomic E-state index is 12.0. The predicted molar refractivity (Wildman–Crippen MR) is 97.3 cm³/mol. The molecule has 0 radical (unpaired) electrons. The summed E-state index contributed by atoms with van der Waals surface area (Å²) in [6.45, 7) is 6.60. The van der Waals surface area contributed by atoms with E-state index in [9.17, 15) is 4.79 Å². The lowest BCUT2D eigenvalue weighted by Gasteiger charge is -2.32. The molecule has 3 rings (SSSR count). The zero-order chi connectivity index (χ0) is 16.8. The molecule has 1 aliphatic heterocycles. The molecule has 0 atom stereocenters. The van der Waals surface area contributed by atoms with E-state index in [1.807, 2.05) is 0 Å². The first-order valence-corrected chi connectivity index (χ1v) is 9.23. The average Bonchev–Trinajstić information content (AvgIpc) is 2.98. The summed E-state index contributed by atoms with van der Waals surface area (Å²) in [5.74, 6) is 0. The Labute approximate surface area is 145 Å². The average molecular weight is 330 g/mol. The molecule has 0 spiro atoms. The highest BCUT2D eigenvalue weighted by molar-refractivity contribution is 5.74. The third-order valence-corrected chi connectivity index (χ3v) is 5.17. The smallest absolute Gasteiger partial charge is 0.315 e. The van der Waals surface area contributed by atoms with Crippen molar-refractivity contribution >= 4 is 6.03 Å². The highest BCUT2D eigenvalue weighted by atomic mass is 16.2. The van der Waals surface area contributed by atoms with Gasteiger partial charge in [-0.1, -0.05) is 24.3 Å². The lowest BCUT2D eigenvalue weighted by Crippen LogP contribution is -2.45. The number of carbonyl (C=O) groups is 1. The predicted octanol–water partition coefficient (Wildman–Crippen LogP) is 1.48. The number of rotatable bonds is 6. The van der Waals surface area contributed by atoms with E-state index < -0.39 is 0 Å². The van der Waals surface area contributed by atoms with Gasteiger partial charge in [0.05, 0.1) is 0 Å². The van der Waals surface area contributed by atoms with E-state index in [1.165, 1.54) is 37.3 Å². The molecule has 1 aromatic rings. The van der Waals surface area contributed by atoms with Gasteiger partial charge in [-0.3, -0.25) is 0 Å². The minimum absolute atomic E-state index is 0.0209. The maximum absolute atomic E-state index is 12.0. The van der Waals surface area contributed by atoms with Crippen molar-refractivity contribution in [2.45, 2.75) is 31.7 Å². The molecule has 1 aliphatic carbocycles. The van der Waals surface area contributed by atoms with Crippen LogP contribution >= 0.6 is 0 Å². The van der Waals surface area contributed by atoms with Crippen LogP contribution in [0.5, 0.6) is 0 Å². The summed E-state index contributed by atoms with van der Waals surface area (Å²) >= 11 is 0. The number of nitrogens with zero attached hydrogens (tertiary/aromatic N) is 2. The molecule has 1 aromatic carbocycles. The number of amides is 2. The molecule has 1 fully saturated rings. The summed E-state index contributed by atoms with van der Waals surface area (Å²) < 4.78 is 0. The van der Waals surface area contributed by atoms with Gasteiger partial charge in [0.1, 0.15) is 0 Å². The SMILES string of the molecule is CN1CCN(CCCCNC(=O)NC2Cc3ccccc3C2)CC1. The van der Waals surface area contributed by atoms with Gasteiger partial charge in [0, 0.05) is 38.8 Å². The van der Waals surface area contributed by atoms with Gasteiger partial charge in [0.15, 0.2) is 0 Å². The van der Waals surface area contributed by atoms with Crippen molar-refractivity contribution in [1.29, 1.82) is 0 Å². The Morgan fingerprint density at radius 1 is 1.08 bits per heavy atom. The van der Waals surface area contributed by atoms with Gasteiger partial charge in [0.2, 0.25) is 0 Å². The summed E-state index contributed by atoms with van der Waals surface area (Å²) in [6, 6.07) is 8.68. The summed E-state index contributed by atoms with van der Waals surface area (Å²) in [6.07, 6.45) is 4.10. The van der Waals surface area contributed by atoms with E-state index in [0.29, 0.717) is 0 Å². The van der Waals surface area contributed by atoms with Crippen LogP contribution in [0.3, 0.4) is 0 Å². The molecule has 0 unspecified atom stereocenters. The van der Waals surface area contributed by atoms with Gasteiger partial charge in [-0.2, -0.15) is 0 Å². The van der Waals surface area contributed by atoms with Crippen LogP contribution in [0.1, 0.15) is 24.0 Å². The third-order valence-electron chi connectivity index (χ3n) is 5.17. The zero-order valence-corrected chi connectivity index (χ0v) is 14.8. The number of urea groups is 1. The normalized spacial score (nSPS) is 19.2. The maximum Gasteiger partial charge on any atom is 0.315 e. The van der Waals surface area contributed by atoms with Gasteiger partial charge in [-0.25, -0.2) is 4.79 Å². The molecule has 2 N–H and O–H groups in total. The van der Waals surface area contributed by atoms with Crippen LogP contribution in [0.15, 0.2) is 24.3 Å². The van der Waals surface area contributed by atoms with Gasteiger partial charge < -0.3 is 20.4 Å². The molecule has 0 saturated carbocycles. The van der Waals surface area contributed by atoms with Crippen molar-refractivity contribution in [1.82, 2.24) is 20.4 Å². The second-order valence-corrected chi connectivity index (χ2v) is 7.13. The van der Waals surface area contributed by atoms with E-state index in [2.05, 4.69) is 51.7 Å². The Kier molecular flexibility index (Phi) is 6.10. The standard InChI is InChI=1S/C19H30N4O/c1-22-10-12-23(13-11-22)9-5-4-8-20-19(24)21-18-14-16-6-2-3-7-17(16)15-18/h2-3,6-7,18H,4-5,8-15H2,1H3,(H2,20,21,24). The first kappa shape index (κ1) is 17.2. The number of fused-ring (bicyclic) bond motifs is 1. The Hall–Kier alpha value is -1.59. The summed E-state index contributed by atoms with van der Waals surface area (Å²) in [5.41, 5.74) is 2.74. The fourth-order valence-corrected chi connectivity index (χ4v) is 3.63. The Morgan fingerprint density at radius 3 is 2.42 bits per heavy atom. The second kappa shape index (κ2) is 8.49. The summed E-state index contributed by atoms with van der Waals surface area (Å²) in [5, 5.41) is 6.11. The molecular formula is C19H30N4O. The first-order chi connectivity index (χ1) is 11.7. The molecule has 132 valence electrons. The molecule has 5 heteroatoms. The highest BCUT2D eigenvalue weighted by Gasteiger charge is 2.22. The van der Waals surface area contributed by atoms with Crippen LogP contribution in [-0.2, 0) is 12.8 Å². The van der Waals surface area contributed by atoms with Crippen molar-refractivity contribution in [3.8, 4) is 0 Å². The monoisotopic (exact) mass is 330 g/mol. The molecular weight excluding hydrogens is 300 g/mol. The molecule has 1 saturated heterocycles. The summed E-state index contributed by atoms with van der Waals surface area (Å²) in [4.78, 5) is 16.9. The quantitative estimate of drug-likeness (QED) is 0.777. The van der Waals surface area contributed by atoms with E-state index in [-0.39, 0.29) is 12.1 Å². The minimum atomic E-state index is -0.0209. The van der Waals surface area contributed by atoms with Crippen LogP contribution in [0.2, 0.25) is 0 Å². The molecule has 2 aliphatic rings. The Morgan fingerprint density at radius 2 is 1.75 bits per heavy atom. The lowest BCUT2D eigenvalue weighted by molar-refractivity contribution is 0.152. The number of carbonyl (C=O) groups excluding carboxylic acids is 1. The fourth-order valence-electron chi connectivity index (χ4n) is 3.63. The second-order valence-electron chi connectivity index (χ2n) is 7.13. The molecule has 2 amide bonds. The van der Waals surface area contributed by atoms with Crippen molar-refractivity contribution < 1.29 is 4.79 Å². The molecule has 24 heavy (non-hydrogen) atoms. The van der Waals surface area contributed by atoms with Gasteiger partial charge in [-0.05, 0) is 50.4 Å². The van der Waals surface area contributed by atoms with Crippen LogP contribution < -0.4 is 10.6 Å². The van der Waals surface area contributed by atoms with E-state index >= 15 is 0 Å². The highest BCUT2D eigenvalue weighted by Crippen LogP contribution is 2.21. The fraction of sp³-hybridized carbons (Fsp3) is 0.632. The zero-order valence-electron chi connectivity index (χ0n) is 14.8. The molecule has 5 nitrogen and oxygen atoms in total. The summed E-state index contributed by atoms with van der Waals surface area (Å²) in [7, 11) is 2.18. The Balaban J connectivity index is 1.25. The largest absolute Gasteiger partial charge is 0.338 e. The number of nitrogens with one attached hydrogen (secondary N) is 2. The molecule has 0 aromatic heterocycles. The van der Waals surface area contributed by atoms with Crippen molar-refractivity contribution in [2.75, 3.05) is 46.3 Å². The van der Waals surface area contributed by atoms with Gasteiger partial charge >= 0.3 is 6.03 Å². The van der Waals surface area contributed by atoms with Crippen molar-refractivity contribution in [3.63, 3.8) is 0 Å². The first-order valence-electron chi connectivity index (χ1n) is 9.23. The van der Waals surface area contributed by atoms with Crippen LogP contribution in [0, 0.1) is 0 Å². The molecule has 1 heterocycles. The van der Waals surface area contributed by atoms with E-state index in [1.54, 1.807) is 0 Å². The lowest BCUT2D eigenvalue weighted by atomic mass is 10.1. The number of unbranched alkanes of at least 4 members (excludes halogenated alkanes) is 1. The van der Waals surface area contributed by atoms with E-state index in [0.717, 1.165) is 38.8 Å². The van der Waals surface area contributed by atoms with Crippen molar-refractivity contribution in [3.05, 3.63) is 35.4 Å². The number of likely N-dealkylation sites (N-methyl/N-ethyl adjacent to an activating group) is 1. The van der Waals surface area contributed by atoms with Crippen LogP contribution in [0.25, 0.3) is 0 Å². The number of hydrogen-bond donors (Lipinski definition) is 2. The molecule has 0 bridgehead atoms. The number of piperazine rings is 1. The van der Waals surface area contributed by atoms with Crippen molar-refractivity contribution in [2.24, 2.45) is 0 Å². The van der Waals surface area contributed by atoms with Crippen LogP contribution in [0.4, 0.5) is 4.79 Å². The topological polar surface area (TPSA) is 47.6 Å². The third kappa shape index (κ3) is 4.95. The van der Waals surface area contributed by atoms with Gasteiger partial charge in [0.25, 0.3) is 0 Å². The number of hydrogen-bond acceptors (Lipinski definition) is 3. The van der Waals surface area contributed by atoms with E-state index in [4.69, 9.17) is 0 Å².